The fourth-order valence-electron chi connectivity index (χ4n) is 1.65. The van der Waals surface area contributed by atoms with Gasteiger partial charge in [0.25, 0.3) is 0 Å². The van der Waals surface area contributed by atoms with E-state index in [-0.39, 0.29) is 22.5 Å². The molecule has 0 amide bonds. The molecule has 128 valence electrons. The number of ether oxygens (including phenoxy) is 3. The minimum absolute atomic E-state index is 0.0397. The number of nitrogens with one attached hydrogen (secondary N) is 1. The summed E-state index contributed by atoms with van der Waals surface area (Å²) >= 11 is 0. The summed E-state index contributed by atoms with van der Waals surface area (Å²) in [6.45, 7) is 0. The fourth-order valence-corrected chi connectivity index (χ4v) is 1.65. The lowest BCUT2D eigenvalue weighted by atomic mass is 10.1. The molecule has 9 heteroatoms. The second kappa shape index (κ2) is 8.32. The van der Waals surface area contributed by atoms with Crippen molar-refractivity contribution in [2.75, 3.05) is 26.6 Å². The van der Waals surface area contributed by atoms with E-state index in [9.17, 15) is 19.2 Å². The van der Waals surface area contributed by atoms with Gasteiger partial charge in [-0.2, -0.15) is 0 Å². The Labute approximate surface area is 136 Å². The van der Waals surface area contributed by atoms with Crippen LogP contribution in [0.3, 0.4) is 0 Å². The first-order valence-corrected chi connectivity index (χ1v) is 6.44. The predicted molar refractivity (Wildman–Crippen MR) is 80.5 cm³/mol. The van der Waals surface area contributed by atoms with Crippen LogP contribution in [0.25, 0.3) is 0 Å². The minimum Gasteiger partial charge on any atom is -0.478 e. The van der Waals surface area contributed by atoms with Crippen LogP contribution in [0.2, 0.25) is 0 Å². The summed E-state index contributed by atoms with van der Waals surface area (Å²) in [6.07, 6.45) is 0.806. The molecular formula is C15H15NO8. The lowest BCUT2D eigenvalue weighted by molar-refractivity contribution is -0.138. The Morgan fingerprint density at radius 2 is 1.71 bits per heavy atom. The minimum atomic E-state index is -1.24. The van der Waals surface area contributed by atoms with E-state index in [2.05, 4.69) is 19.5 Å². The molecule has 0 bridgehead atoms. The number of esters is 3. The van der Waals surface area contributed by atoms with Gasteiger partial charge in [0.2, 0.25) is 0 Å². The molecule has 1 aromatic rings. The zero-order valence-electron chi connectivity index (χ0n) is 13.1. The van der Waals surface area contributed by atoms with E-state index in [1.54, 1.807) is 0 Å². The van der Waals surface area contributed by atoms with E-state index in [4.69, 9.17) is 5.11 Å². The van der Waals surface area contributed by atoms with Crippen molar-refractivity contribution in [3.63, 3.8) is 0 Å². The smallest absolute Gasteiger partial charge is 0.354 e. The summed E-state index contributed by atoms with van der Waals surface area (Å²) in [5.41, 5.74) is -0.589. The molecule has 2 N–H and O–H groups in total. The number of aromatic carboxylic acids is 1. The van der Waals surface area contributed by atoms with Crippen LogP contribution in [0.4, 0.5) is 5.69 Å². The van der Waals surface area contributed by atoms with Crippen LogP contribution in [-0.4, -0.2) is 50.3 Å². The van der Waals surface area contributed by atoms with Gasteiger partial charge >= 0.3 is 23.9 Å². The van der Waals surface area contributed by atoms with Gasteiger partial charge in [-0.1, -0.05) is 0 Å². The number of carboxylic acids is 1. The molecule has 0 unspecified atom stereocenters. The summed E-state index contributed by atoms with van der Waals surface area (Å²) < 4.78 is 13.5. The molecule has 0 radical (unpaired) electrons. The Morgan fingerprint density at radius 1 is 1.04 bits per heavy atom. The van der Waals surface area contributed by atoms with Gasteiger partial charge in [-0.15, -0.1) is 0 Å². The maximum atomic E-state index is 11.8. The van der Waals surface area contributed by atoms with Gasteiger partial charge in [0.15, 0.2) is 0 Å². The summed E-state index contributed by atoms with van der Waals surface area (Å²) in [5.74, 6) is -3.78. The number of anilines is 1. The number of carbonyl (C=O) groups excluding carboxylic acids is 3. The molecule has 9 nitrogen and oxygen atoms in total. The first kappa shape index (κ1) is 18.7. The molecule has 0 heterocycles. The SMILES string of the molecule is COC(=O)/C=C(/Nc1cc(C(=O)O)ccc1C(=O)OC)C(=O)OC. The standard InChI is InChI=1S/C15H15NO8/c1-22-12(17)7-11(15(21)24-3)16-10-6-8(13(18)19)4-5-9(10)14(20)23-2/h4-7,16H,1-3H3,(H,18,19)/b11-7+. The van der Waals surface area contributed by atoms with E-state index in [0.29, 0.717) is 0 Å². The van der Waals surface area contributed by atoms with E-state index in [1.165, 1.54) is 12.1 Å². The van der Waals surface area contributed by atoms with Crippen LogP contribution in [0, 0.1) is 0 Å². The predicted octanol–water partition coefficient (Wildman–Crippen LogP) is 0.813. The Hall–Kier alpha value is -3.36. The molecule has 24 heavy (non-hydrogen) atoms. The number of carboxylic acid groups (broad SMARTS) is 1. The van der Waals surface area contributed by atoms with Crippen molar-refractivity contribution in [3.05, 3.63) is 41.1 Å². The third-order valence-corrected chi connectivity index (χ3v) is 2.81. The largest absolute Gasteiger partial charge is 0.478 e. The van der Waals surface area contributed by atoms with E-state index in [1.807, 2.05) is 0 Å². The molecule has 0 atom stereocenters. The summed E-state index contributed by atoms with van der Waals surface area (Å²) in [4.78, 5) is 46.0. The van der Waals surface area contributed by atoms with E-state index in [0.717, 1.165) is 33.5 Å². The monoisotopic (exact) mass is 337 g/mol. The number of benzene rings is 1. The normalized spacial score (nSPS) is 10.5. The molecule has 0 saturated carbocycles. The Bertz CT molecular complexity index is 707. The number of methoxy groups -OCH3 is 3. The molecular weight excluding hydrogens is 322 g/mol. The Morgan fingerprint density at radius 3 is 2.21 bits per heavy atom. The second-order valence-corrected chi connectivity index (χ2v) is 4.25. The molecule has 0 aliphatic heterocycles. The van der Waals surface area contributed by atoms with Crippen molar-refractivity contribution in [2.24, 2.45) is 0 Å². The molecule has 0 aliphatic carbocycles. The van der Waals surface area contributed by atoms with Crippen molar-refractivity contribution in [1.82, 2.24) is 0 Å². The highest BCUT2D eigenvalue weighted by molar-refractivity contribution is 6.03. The molecule has 0 aromatic heterocycles. The topological polar surface area (TPSA) is 128 Å². The van der Waals surface area contributed by atoms with Crippen molar-refractivity contribution < 1.29 is 38.5 Å². The summed E-state index contributed by atoms with van der Waals surface area (Å²) in [7, 11) is 3.34. The molecule has 0 spiro atoms. The van der Waals surface area contributed by atoms with Crippen molar-refractivity contribution in [2.45, 2.75) is 0 Å². The van der Waals surface area contributed by atoms with Gasteiger partial charge in [-0.05, 0) is 18.2 Å². The van der Waals surface area contributed by atoms with Crippen LogP contribution in [-0.2, 0) is 23.8 Å². The van der Waals surface area contributed by atoms with E-state index < -0.39 is 23.9 Å². The molecule has 0 fully saturated rings. The van der Waals surface area contributed by atoms with Crippen LogP contribution < -0.4 is 5.32 Å². The highest BCUT2D eigenvalue weighted by Gasteiger charge is 2.19. The molecule has 1 rings (SSSR count). The zero-order valence-corrected chi connectivity index (χ0v) is 13.1. The number of hydrogen-bond donors (Lipinski definition) is 2. The van der Waals surface area contributed by atoms with Gasteiger partial charge < -0.3 is 24.6 Å². The van der Waals surface area contributed by atoms with Crippen LogP contribution in [0.5, 0.6) is 0 Å². The van der Waals surface area contributed by atoms with Crippen LogP contribution in [0.15, 0.2) is 30.0 Å². The van der Waals surface area contributed by atoms with Gasteiger partial charge in [0, 0.05) is 0 Å². The molecule has 0 aliphatic rings. The van der Waals surface area contributed by atoms with Crippen molar-refractivity contribution >= 4 is 29.6 Å². The Balaban J connectivity index is 3.39. The van der Waals surface area contributed by atoms with Crippen LogP contribution >= 0.6 is 0 Å². The lowest BCUT2D eigenvalue weighted by Gasteiger charge is -2.13. The Kier molecular flexibility index (Phi) is 6.48. The first-order valence-electron chi connectivity index (χ1n) is 6.44. The zero-order chi connectivity index (χ0) is 18.3. The number of hydrogen-bond acceptors (Lipinski definition) is 8. The van der Waals surface area contributed by atoms with Crippen molar-refractivity contribution in [3.8, 4) is 0 Å². The second-order valence-electron chi connectivity index (χ2n) is 4.25. The molecule has 1 aromatic carbocycles. The first-order chi connectivity index (χ1) is 11.3. The summed E-state index contributed by atoms with van der Waals surface area (Å²) in [5, 5.41) is 11.5. The maximum absolute atomic E-state index is 11.8. The highest BCUT2D eigenvalue weighted by Crippen LogP contribution is 2.21. The molecule has 0 saturated heterocycles. The van der Waals surface area contributed by atoms with Crippen molar-refractivity contribution in [1.29, 1.82) is 0 Å². The van der Waals surface area contributed by atoms with Crippen LogP contribution in [0.1, 0.15) is 20.7 Å². The third kappa shape index (κ3) is 4.57. The van der Waals surface area contributed by atoms with Gasteiger partial charge in [0.05, 0.1) is 44.2 Å². The van der Waals surface area contributed by atoms with E-state index >= 15 is 0 Å². The third-order valence-electron chi connectivity index (χ3n) is 2.81. The quantitative estimate of drug-likeness (QED) is 0.440. The lowest BCUT2D eigenvalue weighted by Crippen LogP contribution is -2.18. The number of rotatable bonds is 6. The summed E-state index contributed by atoms with van der Waals surface area (Å²) in [6, 6.07) is 3.52. The number of carbonyl (C=O) groups is 4. The van der Waals surface area contributed by atoms with Gasteiger partial charge in [-0.25, -0.2) is 19.2 Å². The van der Waals surface area contributed by atoms with Gasteiger partial charge in [0.1, 0.15) is 5.70 Å². The van der Waals surface area contributed by atoms with Gasteiger partial charge in [-0.3, -0.25) is 0 Å². The highest BCUT2D eigenvalue weighted by atomic mass is 16.5. The average Bonchev–Trinajstić information content (AvgIpc) is 2.59. The fraction of sp³-hybridized carbons (Fsp3) is 0.200. The maximum Gasteiger partial charge on any atom is 0.354 e. The average molecular weight is 337 g/mol.